The van der Waals surface area contributed by atoms with Gasteiger partial charge in [-0.05, 0) is 37.5 Å². The van der Waals surface area contributed by atoms with Crippen LogP contribution in [0.2, 0.25) is 10.0 Å². The highest BCUT2D eigenvalue weighted by Gasteiger charge is 2.40. The number of benzene rings is 1. The maximum absolute atomic E-state index is 9.85. The molecule has 0 spiro atoms. The molecule has 0 amide bonds. The second-order valence-electron chi connectivity index (χ2n) is 9.41. The molecule has 0 radical (unpaired) electrons. The predicted molar refractivity (Wildman–Crippen MR) is 158 cm³/mol. The third-order valence-corrected chi connectivity index (χ3v) is 7.81. The van der Waals surface area contributed by atoms with Crippen molar-refractivity contribution >= 4 is 52.2 Å². The van der Waals surface area contributed by atoms with Crippen LogP contribution in [-0.4, -0.2) is 53.4 Å². The van der Waals surface area contributed by atoms with Crippen molar-refractivity contribution in [1.82, 2.24) is 9.97 Å². The Morgan fingerprint density at radius 1 is 1.23 bits per heavy atom. The summed E-state index contributed by atoms with van der Waals surface area (Å²) in [6.07, 6.45) is 6.95. The Labute approximate surface area is 241 Å². The highest BCUT2D eigenvalue weighted by molar-refractivity contribution is 7.98. The van der Waals surface area contributed by atoms with E-state index in [0.717, 1.165) is 12.2 Å². The van der Waals surface area contributed by atoms with Gasteiger partial charge in [0.2, 0.25) is 0 Å². The maximum atomic E-state index is 9.85. The average molecular weight is 587 g/mol. The van der Waals surface area contributed by atoms with Gasteiger partial charge in [0.25, 0.3) is 0 Å². The van der Waals surface area contributed by atoms with Crippen molar-refractivity contribution in [3.05, 3.63) is 69.1 Å². The molecule has 4 rings (SSSR count). The normalized spacial score (nSPS) is 14.7. The van der Waals surface area contributed by atoms with E-state index in [1.54, 1.807) is 43.1 Å². The summed E-state index contributed by atoms with van der Waals surface area (Å²) in [6.45, 7) is 3.05. The number of halogens is 2. The van der Waals surface area contributed by atoms with E-state index in [-0.39, 0.29) is 11.3 Å². The molecule has 0 bridgehead atoms. The molecular weight excluding hydrogens is 557 g/mol. The fourth-order valence-corrected chi connectivity index (χ4v) is 5.80. The van der Waals surface area contributed by atoms with Gasteiger partial charge in [0.1, 0.15) is 18.0 Å². The van der Waals surface area contributed by atoms with Crippen LogP contribution in [0.25, 0.3) is 0 Å². The topological polar surface area (TPSA) is 147 Å². The van der Waals surface area contributed by atoms with Gasteiger partial charge < -0.3 is 25.8 Å². The van der Waals surface area contributed by atoms with Crippen molar-refractivity contribution < 1.29 is 9.47 Å². The zero-order chi connectivity index (χ0) is 28.3. The molecule has 1 aromatic carbocycles. The number of thioether (sulfide) groups is 1. The molecule has 3 aromatic rings. The molecule has 1 fully saturated rings. The first kappa shape index (κ1) is 28.8. The van der Waals surface area contributed by atoms with Gasteiger partial charge in [-0.3, -0.25) is 10.4 Å². The van der Waals surface area contributed by atoms with Crippen LogP contribution in [0.4, 0.5) is 11.5 Å². The molecule has 9 nitrogen and oxygen atoms in total. The minimum atomic E-state index is -0.555. The standard InChI is InChI=1S/C27H29Cl2N7O2S/c1-15(24-19(28)11-34-12-20(24)29)38-23-7-18(21(31)8-22(23)37-2)25(32)17-6-16(9-30)26(35-10-17)36-13-27(33,14-36)4-5-39-3/h6-8,10-12,15,32H,4-5,13-14,31,33H2,1-3H3/t15-/m1/s1. The Bertz CT molecular complexity index is 1420. The van der Waals surface area contributed by atoms with Gasteiger partial charge in [0, 0.05) is 60.1 Å². The van der Waals surface area contributed by atoms with Gasteiger partial charge in [0.15, 0.2) is 11.5 Å². The van der Waals surface area contributed by atoms with Crippen LogP contribution < -0.4 is 25.8 Å². The first-order valence-corrected chi connectivity index (χ1v) is 14.2. The predicted octanol–water partition coefficient (Wildman–Crippen LogP) is 5.07. The lowest BCUT2D eigenvalue weighted by atomic mass is 9.88. The Morgan fingerprint density at radius 3 is 2.54 bits per heavy atom. The van der Waals surface area contributed by atoms with Crippen LogP contribution in [0, 0.1) is 16.7 Å². The van der Waals surface area contributed by atoms with E-state index >= 15 is 0 Å². The van der Waals surface area contributed by atoms with Gasteiger partial charge >= 0.3 is 0 Å². The first-order valence-electron chi connectivity index (χ1n) is 12.1. The third-order valence-electron chi connectivity index (χ3n) is 6.60. The van der Waals surface area contributed by atoms with E-state index in [4.69, 9.17) is 49.6 Å². The zero-order valence-corrected chi connectivity index (χ0v) is 24.1. The fraction of sp³-hybridized carbons (Fsp3) is 0.333. The minimum Gasteiger partial charge on any atom is -0.493 e. The van der Waals surface area contributed by atoms with Gasteiger partial charge in [-0.15, -0.1) is 0 Å². The summed E-state index contributed by atoms with van der Waals surface area (Å²) in [4.78, 5) is 10.5. The monoisotopic (exact) mass is 585 g/mol. The summed E-state index contributed by atoms with van der Waals surface area (Å²) >= 11 is 14.4. The minimum absolute atomic E-state index is 0.0833. The number of aromatic nitrogens is 2. The number of nitrogens with one attached hydrogen (secondary N) is 1. The summed E-state index contributed by atoms with van der Waals surface area (Å²) in [5.41, 5.74) is 14.6. The van der Waals surface area contributed by atoms with Crippen molar-refractivity contribution in [2.75, 3.05) is 42.8 Å². The third kappa shape index (κ3) is 6.02. The average Bonchev–Trinajstić information content (AvgIpc) is 2.90. The van der Waals surface area contributed by atoms with E-state index in [2.05, 4.69) is 22.3 Å². The number of nitrogens with zero attached hydrogens (tertiary/aromatic N) is 4. The molecule has 0 unspecified atom stereocenters. The number of rotatable bonds is 10. The number of nitrogens with two attached hydrogens (primary N) is 2. The summed E-state index contributed by atoms with van der Waals surface area (Å²) in [5, 5.41) is 19.5. The van der Waals surface area contributed by atoms with Crippen LogP contribution in [0.15, 0.2) is 36.8 Å². The Morgan fingerprint density at radius 2 is 1.92 bits per heavy atom. The molecule has 39 heavy (non-hydrogen) atoms. The Balaban J connectivity index is 1.61. The molecule has 1 saturated heterocycles. The van der Waals surface area contributed by atoms with Crippen LogP contribution in [0.5, 0.6) is 11.5 Å². The van der Waals surface area contributed by atoms with E-state index in [1.807, 2.05) is 4.90 Å². The lowest BCUT2D eigenvalue weighted by Crippen LogP contribution is -2.68. The van der Waals surface area contributed by atoms with Crippen molar-refractivity contribution in [1.29, 1.82) is 10.7 Å². The molecule has 1 aliphatic rings. The van der Waals surface area contributed by atoms with Crippen LogP contribution in [0.3, 0.4) is 0 Å². The first-order chi connectivity index (χ1) is 18.6. The van der Waals surface area contributed by atoms with Crippen LogP contribution in [0.1, 0.15) is 41.7 Å². The fourth-order valence-electron chi connectivity index (χ4n) is 4.51. The van der Waals surface area contributed by atoms with Crippen LogP contribution in [-0.2, 0) is 0 Å². The second-order valence-corrected chi connectivity index (χ2v) is 11.2. The number of nitriles is 1. The van der Waals surface area contributed by atoms with E-state index in [9.17, 15) is 5.26 Å². The van der Waals surface area contributed by atoms with Gasteiger partial charge in [-0.1, -0.05) is 23.2 Å². The van der Waals surface area contributed by atoms with Crippen molar-refractivity contribution in [3.63, 3.8) is 0 Å². The highest BCUT2D eigenvalue weighted by Crippen LogP contribution is 2.39. The Kier molecular flexibility index (Phi) is 8.76. The molecule has 12 heteroatoms. The summed E-state index contributed by atoms with van der Waals surface area (Å²) in [7, 11) is 1.50. The smallest absolute Gasteiger partial charge is 0.162 e. The van der Waals surface area contributed by atoms with Gasteiger partial charge in [-0.25, -0.2) is 4.98 Å². The largest absolute Gasteiger partial charge is 0.493 e. The number of ether oxygens (including phenoxy) is 2. The summed E-state index contributed by atoms with van der Waals surface area (Å²) in [5.74, 6) is 2.27. The van der Waals surface area contributed by atoms with Crippen molar-refractivity contribution in [2.24, 2.45) is 5.73 Å². The van der Waals surface area contributed by atoms with E-state index in [0.29, 0.717) is 68.4 Å². The number of hydrogen-bond acceptors (Lipinski definition) is 10. The lowest BCUT2D eigenvalue weighted by molar-refractivity contribution is 0.216. The van der Waals surface area contributed by atoms with E-state index in [1.165, 1.54) is 19.5 Å². The number of hydrogen-bond donors (Lipinski definition) is 3. The number of pyridine rings is 2. The SMILES string of the molecule is COc1cc(N)c(C(=N)c2cnc(N3CC(N)(CCSC)C3)c(C#N)c2)cc1O[C@H](C)c1c(Cl)cncc1Cl. The molecule has 0 aliphatic carbocycles. The molecule has 1 aliphatic heterocycles. The molecule has 5 N–H and O–H groups in total. The molecule has 0 saturated carbocycles. The van der Waals surface area contributed by atoms with E-state index < -0.39 is 6.10 Å². The quantitative estimate of drug-likeness (QED) is 0.219. The molecule has 204 valence electrons. The maximum Gasteiger partial charge on any atom is 0.162 e. The molecule has 1 atom stereocenters. The molecule has 2 aromatic heterocycles. The number of anilines is 2. The van der Waals surface area contributed by atoms with Crippen molar-refractivity contribution in [2.45, 2.75) is 25.0 Å². The second kappa shape index (κ2) is 11.9. The van der Waals surface area contributed by atoms with Gasteiger partial charge in [0.05, 0.1) is 34.0 Å². The lowest BCUT2D eigenvalue weighted by Gasteiger charge is -2.48. The Hall–Kier alpha value is -3.23. The molecular formula is C27H29Cl2N7O2S. The number of nitrogen functional groups attached to an aromatic ring is 1. The molecule has 3 heterocycles. The van der Waals surface area contributed by atoms with Crippen molar-refractivity contribution in [3.8, 4) is 17.6 Å². The number of methoxy groups -OCH3 is 1. The summed E-state index contributed by atoms with van der Waals surface area (Å²) < 4.78 is 11.6. The van der Waals surface area contributed by atoms with Crippen LogP contribution >= 0.6 is 35.0 Å². The summed E-state index contributed by atoms with van der Waals surface area (Å²) in [6, 6.07) is 7.07. The zero-order valence-electron chi connectivity index (χ0n) is 21.8. The highest BCUT2D eigenvalue weighted by atomic mass is 35.5. The van der Waals surface area contributed by atoms with Gasteiger partial charge in [-0.2, -0.15) is 17.0 Å².